The van der Waals surface area contributed by atoms with Crippen molar-refractivity contribution in [3.63, 3.8) is 0 Å². The molecule has 0 saturated carbocycles. The van der Waals surface area contributed by atoms with Gasteiger partial charge in [-0.05, 0) is 31.7 Å². The number of ether oxygens (including phenoxy) is 3. The fraction of sp³-hybridized carbons (Fsp3) is 0.650. The largest absolute Gasteiger partial charge is 0.493 e. The topological polar surface area (TPSA) is 56.8 Å². The number of hydrogen-bond acceptors (Lipinski definition) is 4. The van der Waals surface area contributed by atoms with Crippen LogP contribution in [-0.2, 0) is 9.53 Å². The zero-order valence-electron chi connectivity index (χ0n) is 15.8. The van der Waals surface area contributed by atoms with E-state index < -0.39 is 0 Å². The molecule has 1 aliphatic heterocycles. The Bertz CT molecular complexity index is 561. The highest BCUT2D eigenvalue weighted by Gasteiger charge is 2.32. The Morgan fingerprint density at radius 1 is 1.32 bits per heavy atom. The molecular formula is C20H31NO4. The van der Waals surface area contributed by atoms with E-state index in [0.717, 1.165) is 49.2 Å². The molecule has 25 heavy (non-hydrogen) atoms. The Morgan fingerprint density at radius 3 is 2.76 bits per heavy atom. The van der Waals surface area contributed by atoms with Crippen molar-refractivity contribution in [2.24, 2.45) is 0 Å². The smallest absolute Gasteiger partial charge is 0.217 e. The second-order valence-corrected chi connectivity index (χ2v) is 6.60. The molecule has 1 amide bonds. The van der Waals surface area contributed by atoms with Gasteiger partial charge in [-0.2, -0.15) is 0 Å². The molecule has 5 heteroatoms. The number of benzene rings is 1. The first kappa shape index (κ1) is 19.6. The van der Waals surface area contributed by atoms with Crippen LogP contribution in [0.25, 0.3) is 0 Å². The minimum atomic E-state index is -0.109. The Kier molecular flexibility index (Phi) is 7.56. The van der Waals surface area contributed by atoms with Crippen LogP contribution in [0.4, 0.5) is 0 Å². The van der Waals surface area contributed by atoms with Crippen LogP contribution in [-0.4, -0.2) is 31.8 Å². The Balaban J connectivity index is 2.26. The van der Waals surface area contributed by atoms with Gasteiger partial charge in [-0.3, -0.25) is 4.79 Å². The van der Waals surface area contributed by atoms with Gasteiger partial charge in [-0.15, -0.1) is 0 Å². The molecule has 0 spiro atoms. The minimum absolute atomic E-state index is 0.00515. The number of para-hydroxylation sites is 1. The van der Waals surface area contributed by atoms with Crippen LogP contribution >= 0.6 is 0 Å². The highest BCUT2D eigenvalue weighted by Crippen LogP contribution is 2.41. The van der Waals surface area contributed by atoms with Crippen LogP contribution in [0.15, 0.2) is 18.2 Å². The molecule has 1 heterocycles. The van der Waals surface area contributed by atoms with Gasteiger partial charge in [0.25, 0.3) is 0 Å². The number of rotatable bonds is 8. The molecule has 1 saturated heterocycles. The summed E-state index contributed by atoms with van der Waals surface area (Å²) >= 11 is 0. The number of amides is 1. The second-order valence-electron chi connectivity index (χ2n) is 6.60. The lowest BCUT2D eigenvalue weighted by Gasteiger charge is -2.36. The van der Waals surface area contributed by atoms with Crippen molar-refractivity contribution in [2.75, 3.05) is 13.7 Å². The van der Waals surface area contributed by atoms with Crippen molar-refractivity contribution in [3.05, 3.63) is 23.8 Å². The van der Waals surface area contributed by atoms with Crippen molar-refractivity contribution >= 4 is 5.91 Å². The molecule has 1 aromatic rings. The van der Waals surface area contributed by atoms with E-state index in [1.165, 1.54) is 0 Å². The van der Waals surface area contributed by atoms with Crippen LogP contribution in [0.1, 0.15) is 64.5 Å². The molecule has 5 nitrogen and oxygen atoms in total. The van der Waals surface area contributed by atoms with Crippen LogP contribution in [0.3, 0.4) is 0 Å². The van der Waals surface area contributed by atoms with Crippen LogP contribution in [0.5, 0.6) is 11.5 Å². The minimum Gasteiger partial charge on any atom is -0.493 e. The number of methoxy groups -OCH3 is 1. The van der Waals surface area contributed by atoms with Gasteiger partial charge in [-0.1, -0.05) is 32.4 Å². The highest BCUT2D eigenvalue weighted by atomic mass is 16.5. The van der Waals surface area contributed by atoms with E-state index in [1.807, 2.05) is 18.2 Å². The van der Waals surface area contributed by atoms with Crippen LogP contribution in [0, 0.1) is 0 Å². The Morgan fingerprint density at radius 2 is 2.12 bits per heavy atom. The zero-order valence-corrected chi connectivity index (χ0v) is 15.8. The third kappa shape index (κ3) is 5.36. The van der Waals surface area contributed by atoms with Gasteiger partial charge in [0, 0.05) is 18.5 Å². The maximum Gasteiger partial charge on any atom is 0.217 e. The fourth-order valence-electron chi connectivity index (χ4n) is 3.30. The second kappa shape index (κ2) is 9.66. The molecule has 2 rings (SSSR count). The molecule has 0 unspecified atom stereocenters. The predicted octanol–water partition coefficient (Wildman–Crippen LogP) is 4.01. The van der Waals surface area contributed by atoms with Gasteiger partial charge in [0.1, 0.15) is 0 Å². The lowest BCUT2D eigenvalue weighted by Crippen LogP contribution is -2.42. The van der Waals surface area contributed by atoms with Crippen molar-refractivity contribution in [3.8, 4) is 11.5 Å². The van der Waals surface area contributed by atoms with E-state index in [1.54, 1.807) is 14.0 Å². The van der Waals surface area contributed by atoms with E-state index in [2.05, 4.69) is 19.2 Å². The van der Waals surface area contributed by atoms with E-state index >= 15 is 0 Å². The first-order valence-corrected chi connectivity index (χ1v) is 9.31. The molecule has 0 aromatic heterocycles. The van der Waals surface area contributed by atoms with Crippen molar-refractivity contribution in [2.45, 2.75) is 71.1 Å². The summed E-state index contributed by atoms with van der Waals surface area (Å²) in [4.78, 5) is 11.5. The third-order valence-corrected chi connectivity index (χ3v) is 4.59. The number of hydrogen-bond donors (Lipinski definition) is 1. The maximum absolute atomic E-state index is 11.5. The standard InChI is InChI=1S/C20H31NO4/c1-5-7-11-24-20-17(9-8-10-18(20)23-4)19-13-15(21-14(3)22)12-16(6-2)25-19/h8-10,15-16,19H,5-7,11-13H2,1-4H3,(H,21,22)/t15-,16+,19+/m1/s1. The normalized spacial score (nSPS) is 23.1. The molecule has 1 N–H and O–H groups in total. The molecule has 1 aliphatic rings. The molecule has 0 aliphatic carbocycles. The molecule has 1 aromatic carbocycles. The van der Waals surface area contributed by atoms with Gasteiger partial charge in [0.05, 0.1) is 25.9 Å². The SMILES string of the molecule is CCCCOc1c(OC)cccc1[C@@H]1C[C@H](NC(C)=O)C[C@H](CC)O1. The molecule has 3 atom stereocenters. The number of carbonyl (C=O) groups is 1. The van der Waals surface area contributed by atoms with Crippen molar-refractivity contribution in [1.29, 1.82) is 0 Å². The van der Waals surface area contributed by atoms with E-state index in [0.29, 0.717) is 6.61 Å². The highest BCUT2D eigenvalue weighted by molar-refractivity contribution is 5.73. The van der Waals surface area contributed by atoms with E-state index in [-0.39, 0.29) is 24.2 Å². The number of carbonyl (C=O) groups excluding carboxylic acids is 1. The predicted molar refractivity (Wildman–Crippen MR) is 98.1 cm³/mol. The van der Waals surface area contributed by atoms with Crippen molar-refractivity contribution in [1.82, 2.24) is 5.32 Å². The first-order chi connectivity index (χ1) is 12.1. The number of unbranched alkanes of at least 4 members (excludes halogenated alkanes) is 1. The van der Waals surface area contributed by atoms with Crippen LogP contribution in [0.2, 0.25) is 0 Å². The van der Waals surface area contributed by atoms with Crippen LogP contribution < -0.4 is 14.8 Å². The zero-order chi connectivity index (χ0) is 18.2. The average molecular weight is 349 g/mol. The first-order valence-electron chi connectivity index (χ1n) is 9.31. The summed E-state index contributed by atoms with van der Waals surface area (Å²) in [5, 5.41) is 3.06. The number of nitrogens with one attached hydrogen (secondary N) is 1. The molecule has 0 bridgehead atoms. The molecule has 0 radical (unpaired) electrons. The lowest BCUT2D eigenvalue weighted by atomic mass is 9.92. The van der Waals surface area contributed by atoms with Gasteiger partial charge in [-0.25, -0.2) is 0 Å². The molecule has 1 fully saturated rings. The fourth-order valence-corrected chi connectivity index (χ4v) is 3.30. The van der Waals surface area contributed by atoms with Crippen molar-refractivity contribution < 1.29 is 19.0 Å². The monoisotopic (exact) mass is 349 g/mol. The van der Waals surface area contributed by atoms with E-state index in [9.17, 15) is 4.79 Å². The lowest BCUT2D eigenvalue weighted by molar-refractivity contribution is -0.122. The average Bonchev–Trinajstić information content (AvgIpc) is 2.61. The van der Waals surface area contributed by atoms with Gasteiger partial charge >= 0.3 is 0 Å². The van der Waals surface area contributed by atoms with Gasteiger partial charge in [0.2, 0.25) is 5.91 Å². The van der Waals surface area contributed by atoms with Gasteiger partial charge in [0.15, 0.2) is 11.5 Å². The van der Waals surface area contributed by atoms with Gasteiger partial charge < -0.3 is 19.5 Å². The summed E-state index contributed by atoms with van der Waals surface area (Å²) in [5.41, 5.74) is 1.00. The summed E-state index contributed by atoms with van der Waals surface area (Å²) in [6.07, 6.45) is 4.60. The Hall–Kier alpha value is -1.75. The summed E-state index contributed by atoms with van der Waals surface area (Å²) in [6.45, 7) is 6.47. The third-order valence-electron chi connectivity index (χ3n) is 4.59. The summed E-state index contributed by atoms with van der Waals surface area (Å²) in [5.74, 6) is 1.50. The molecular weight excluding hydrogens is 318 g/mol. The molecule has 140 valence electrons. The summed E-state index contributed by atoms with van der Waals surface area (Å²) in [6, 6.07) is 6.04. The summed E-state index contributed by atoms with van der Waals surface area (Å²) in [7, 11) is 1.66. The summed E-state index contributed by atoms with van der Waals surface area (Å²) < 4.78 is 17.8. The maximum atomic E-state index is 11.5. The van der Waals surface area contributed by atoms with E-state index in [4.69, 9.17) is 14.2 Å². The quantitative estimate of drug-likeness (QED) is 0.721. The Labute approximate surface area is 151 Å².